The Bertz CT molecular complexity index is 720. The number of rotatable bonds is 1. The number of benzene rings is 2. The summed E-state index contributed by atoms with van der Waals surface area (Å²) in [6, 6.07) is 12.3. The van der Waals surface area contributed by atoms with Gasteiger partial charge >= 0.3 is 0 Å². The van der Waals surface area contributed by atoms with Crippen LogP contribution in [0.4, 0.5) is 0 Å². The number of aromatic nitrogens is 2. The Morgan fingerprint density at radius 3 is 2.33 bits per heavy atom. The molecule has 1 heterocycles. The third-order valence-electron chi connectivity index (χ3n) is 2.70. The Kier molecular flexibility index (Phi) is 2.65. The zero-order valence-corrected chi connectivity index (χ0v) is 10.7. The van der Waals surface area contributed by atoms with Gasteiger partial charge in [-0.05, 0) is 42.5 Å². The Hall–Kier alpha value is -1.71. The number of hydrogen-bond acceptors (Lipinski definition) is 2. The van der Waals surface area contributed by atoms with Crippen LogP contribution in [0.15, 0.2) is 42.5 Å². The molecule has 3 aromatic rings. The first-order valence-corrected chi connectivity index (χ1v) is 6.04. The number of imidazole rings is 1. The first-order chi connectivity index (χ1) is 8.65. The monoisotopic (exact) mass is 278 g/mol. The van der Waals surface area contributed by atoms with Crippen molar-refractivity contribution in [1.29, 1.82) is 0 Å². The zero-order chi connectivity index (χ0) is 12.7. The van der Waals surface area contributed by atoms with Crippen LogP contribution in [0.5, 0.6) is 0 Å². The molecule has 1 aromatic heterocycles. The molecule has 1 N–H and O–H groups in total. The molecule has 0 aliphatic carbocycles. The molecule has 0 atom stereocenters. The molecule has 0 saturated heterocycles. The van der Waals surface area contributed by atoms with E-state index in [1.165, 1.54) is 0 Å². The fraction of sp³-hybridized carbons (Fsp3) is 0. The average molecular weight is 279 g/mol. The van der Waals surface area contributed by atoms with Crippen LogP contribution in [-0.2, 0) is 0 Å². The summed E-state index contributed by atoms with van der Waals surface area (Å²) in [5, 5.41) is 11.3. The van der Waals surface area contributed by atoms with Crippen molar-refractivity contribution in [2.24, 2.45) is 0 Å². The normalized spacial score (nSPS) is 11.0. The van der Waals surface area contributed by atoms with Gasteiger partial charge in [-0.1, -0.05) is 23.2 Å². The van der Waals surface area contributed by atoms with Crippen LogP contribution in [0.2, 0.25) is 10.0 Å². The summed E-state index contributed by atoms with van der Waals surface area (Å²) < 4.78 is 1.03. The predicted molar refractivity (Wildman–Crippen MR) is 72.4 cm³/mol. The van der Waals surface area contributed by atoms with E-state index < -0.39 is 0 Å². The highest BCUT2D eigenvalue weighted by molar-refractivity contribution is 6.31. The number of nitrogens with zero attached hydrogens (tertiary/aromatic N) is 2. The van der Waals surface area contributed by atoms with Crippen LogP contribution in [0.1, 0.15) is 0 Å². The minimum atomic E-state index is 0.462. The van der Waals surface area contributed by atoms with Crippen molar-refractivity contribution >= 4 is 34.2 Å². The van der Waals surface area contributed by atoms with Gasteiger partial charge in [0, 0.05) is 15.6 Å². The summed E-state index contributed by atoms with van der Waals surface area (Å²) in [5.41, 5.74) is 2.05. The molecule has 0 unspecified atom stereocenters. The van der Waals surface area contributed by atoms with E-state index in [2.05, 4.69) is 4.98 Å². The van der Waals surface area contributed by atoms with Crippen LogP contribution >= 0.6 is 23.2 Å². The van der Waals surface area contributed by atoms with Crippen molar-refractivity contribution in [2.75, 3.05) is 0 Å². The topological polar surface area (TPSA) is 38.0 Å². The van der Waals surface area contributed by atoms with Gasteiger partial charge in [0.2, 0.25) is 0 Å². The van der Waals surface area contributed by atoms with Crippen molar-refractivity contribution in [3.63, 3.8) is 0 Å². The van der Waals surface area contributed by atoms with Crippen LogP contribution in [0.3, 0.4) is 0 Å². The second-order valence-corrected chi connectivity index (χ2v) is 4.76. The first kappa shape index (κ1) is 11.4. The summed E-state index contributed by atoms with van der Waals surface area (Å²) in [5.74, 6) is 0.462. The number of fused-ring (bicyclic) bond motifs is 1. The van der Waals surface area contributed by atoms with Gasteiger partial charge in [0.15, 0.2) is 5.82 Å². The molecule has 0 saturated carbocycles. The molecule has 90 valence electrons. The second kappa shape index (κ2) is 4.19. The minimum Gasteiger partial charge on any atom is -0.426 e. The highest BCUT2D eigenvalue weighted by Gasteiger charge is 2.11. The summed E-state index contributed by atoms with van der Waals surface area (Å²) in [7, 11) is 0. The van der Waals surface area contributed by atoms with Crippen molar-refractivity contribution in [1.82, 2.24) is 9.71 Å². The molecule has 0 amide bonds. The fourth-order valence-electron chi connectivity index (χ4n) is 1.82. The molecule has 0 aliphatic rings. The summed E-state index contributed by atoms with van der Waals surface area (Å²) in [4.78, 5) is 4.36. The molecule has 0 radical (unpaired) electrons. The third-order valence-corrected chi connectivity index (χ3v) is 3.18. The maximum absolute atomic E-state index is 10.1. The molecular formula is C13H8Cl2N2O. The Labute approximate surface area is 113 Å². The lowest BCUT2D eigenvalue weighted by Crippen LogP contribution is -1.93. The van der Waals surface area contributed by atoms with Gasteiger partial charge in [0.1, 0.15) is 5.52 Å². The van der Waals surface area contributed by atoms with E-state index in [0.717, 1.165) is 10.3 Å². The minimum absolute atomic E-state index is 0.462. The van der Waals surface area contributed by atoms with Crippen molar-refractivity contribution in [2.45, 2.75) is 0 Å². The summed E-state index contributed by atoms with van der Waals surface area (Å²) in [6.45, 7) is 0. The molecule has 0 fully saturated rings. The van der Waals surface area contributed by atoms with Gasteiger partial charge in [0.05, 0.1) is 5.52 Å². The van der Waals surface area contributed by atoms with E-state index in [1.807, 2.05) is 0 Å². The SMILES string of the molecule is On1c(-c2ccc(Cl)cc2)nc2ccc(Cl)cc21. The van der Waals surface area contributed by atoms with Gasteiger partial charge in [-0.25, -0.2) is 4.98 Å². The third kappa shape index (κ3) is 1.82. The highest BCUT2D eigenvalue weighted by atomic mass is 35.5. The van der Waals surface area contributed by atoms with Gasteiger partial charge in [-0.2, -0.15) is 4.73 Å². The Balaban J connectivity index is 2.23. The maximum atomic E-state index is 10.1. The van der Waals surface area contributed by atoms with Gasteiger partial charge in [-0.3, -0.25) is 0 Å². The predicted octanol–water partition coefficient (Wildman–Crippen LogP) is 4.25. The lowest BCUT2D eigenvalue weighted by atomic mass is 10.2. The molecule has 5 heteroatoms. The summed E-state index contributed by atoms with van der Waals surface area (Å²) in [6.07, 6.45) is 0. The molecule has 0 spiro atoms. The molecule has 2 aromatic carbocycles. The van der Waals surface area contributed by atoms with E-state index in [-0.39, 0.29) is 0 Å². The average Bonchev–Trinajstić information content (AvgIpc) is 2.68. The van der Waals surface area contributed by atoms with E-state index >= 15 is 0 Å². The van der Waals surface area contributed by atoms with Gasteiger partial charge in [-0.15, -0.1) is 0 Å². The quantitative estimate of drug-likeness (QED) is 0.676. The standard InChI is InChI=1S/C13H8Cl2N2O/c14-9-3-1-8(2-4-9)13-16-11-6-5-10(15)7-12(11)17(13)18/h1-7,18H. The Morgan fingerprint density at radius 2 is 1.61 bits per heavy atom. The number of halogens is 2. The van der Waals surface area contributed by atoms with Crippen molar-refractivity contribution in [3.8, 4) is 11.4 Å². The van der Waals surface area contributed by atoms with Crippen molar-refractivity contribution in [3.05, 3.63) is 52.5 Å². The Morgan fingerprint density at radius 1 is 0.944 bits per heavy atom. The highest BCUT2D eigenvalue weighted by Crippen LogP contribution is 2.26. The smallest absolute Gasteiger partial charge is 0.176 e. The van der Waals surface area contributed by atoms with E-state index in [0.29, 0.717) is 26.9 Å². The summed E-state index contributed by atoms with van der Waals surface area (Å²) >= 11 is 11.7. The zero-order valence-electron chi connectivity index (χ0n) is 9.14. The number of hydrogen-bond donors (Lipinski definition) is 1. The van der Waals surface area contributed by atoms with Gasteiger partial charge < -0.3 is 5.21 Å². The maximum Gasteiger partial charge on any atom is 0.176 e. The van der Waals surface area contributed by atoms with E-state index in [4.69, 9.17) is 23.2 Å². The second-order valence-electron chi connectivity index (χ2n) is 3.89. The molecule has 0 bridgehead atoms. The van der Waals surface area contributed by atoms with Crippen LogP contribution in [0.25, 0.3) is 22.4 Å². The van der Waals surface area contributed by atoms with E-state index in [9.17, 15) is 5.21 Å². The largest absolute Gasteiger partial charge is 0.426 e. The molecule has 3 nitrogen and oxygen atoms in total. The van der Waals surface area contributed by atoms with E-state index in [1.54, 1.807) is 42.5 Å². The van der Waals surface area contributed by atoms with Crippen LogP contribution < -0.4 is 0 Å². The van der Waals surface area contributed by atoms with Gasteiger partial charge in [0.25, 0.3) is 0 Å². The lowest BCUT2D eigenvalue weighted by molar-refractivity contribution is 0.203. The lowest BCUT2D eigenvalue weighted by Gasteiger charge is -2.01. The molecule has 3 rings (SSSR count). The first-order valence-electron chi connectivity index (χ1n) is 5.28. The van der Waals surface area contributed by atoms with Crippen molar-refractivity contribution < 1.29 is 5.21 Å². The molecule has 0 aliphatic heterocycles. The molecule has 18 heavy (non-hydrogen) atoms. The molecular weight excluding hydrogens is 271 g/mol. The van der Waals surface area contributed by atoms with Crippen LogP contribution in [-0.4, -0.2) is 14.9 Å². The fourth-order valence-corrected chi connectivity index (χ4v) is 2.11. The van der Waals surface area contributed by atoms with Crippen LogP contribution in [0, 0.1) is 0 Å².